The molecule has 9 heteroatoms. The molecule has 0 atom stereocenters. The minimum atomic E-state index is -0.347. The van der Waals surface area contributed by atoms with Crippen LogP contribution in [0.5, 0.6) is 17.2 Å². The van der Waals surface area contributed by atoms with Crippen molar-refractivity contribution in [2.24, 2.45) is 0 Å². The van der Waals surface area contributed by atoms with E-state index in [1.165, 1.54) is 27.4 Å². The Morgan fingerprint density at radius 3 is 1.78 bits per heavy atom. The lowest BCUT2D eigenvalue weighted by atomic mass is 10.1. The van der Waals surface area contributed by atoms with Crippen LogP contribution in [0.25, 0.3) is 6.08 Å². The second kappa shape index (κ2) is 13.3. The Balaban J connectivity index is 1.49. The maximum atomic E-state index is 12.4. The number of benzene rings is 3. The van der Waals surface area contributed by atoms with Gasteiger partial charge in [0.2, 0.25) is 11.7 Å². The topological polar surface area (TPSA) is 115 Å². The van der Waals surface area contributed by atoms with Gasteiger partial charge < -0.3 is 30.2 Å². The average Bonchev–Trinajstić information content (AvgIpc) is 2.94. The van der Waals surface area contributed by atoms with Crippen molar-refractivity contribution in [3.8, 4) is 17.2 Å². The lowest BCUT2D eigenvalue weighted by Crippen LogP contribution is -2.34. The van der Waals surface area contributed by atoms with Crippen LogP contribution in [-0.4, -0.2) is 52.1 Å². The van der Waals surface area contributed by atoms with E-state index in [1.807, 2.05) is 6.07 Å². The third-order valence-electron chi connectivity index (χ3n) is 5.26. The molecule has 0 unspecified atom stereocenters. The summed E-state index contributed by atoms with van der Waals surface area (Å²) in [6, 6.07) is 18.8. The van der Waals surface area contributed by atoms with Crippen molar-refractivity contribution < 1.29 is 28.6 Å². The molecule has 3 aromatic rings. The Morgan fingerprint density at radius 1 is 0.730 bits per heavy atom. The summed E-state index contributed by atoms with van der Waals surface area (Å²) in [5.74, 6) is 0.597. The molecule has 0 radical (unpaired) electrons. The maximum absolute atomic E-state index is 12.4. The van der Waals surface area contributed by atoms with Gasteiger partial charge in [-0.2, -0.15) is 0 Å². The Kier molecular flexibility index (Phi) is 9.66. The van der Waals surface area contributed by atoms with Crippen LogP contribution < -0.4 is 30.2 Å². The Morgan fingerprint density at radius 2 is 1.27 bits per heavy atom. The summed E-state index contributed by atoms with van der Waals surface area (Å²) in [6.45, 7) is 0.577. The van der Waals surface area contributed by atoms with Crippen molar-refractivity contribution in [2.75, 3.05) is 39.7 Å². The summed E-state index contributed by atoms with van der Waals surface area (Å²) in [4.78, 5) is 36.7. The number of anilines is 1. The molecule has 3 aromatic carbocycles. The summed E-state index contributed by atoms with van der Waals surface area (Å²) in [5.41, 5.74) is 2.22. The highest BCUT2D eigenvalue weighted by Crippen LogP contribution is 2.38. The lowest BCUT2D eigenvalue weighted by Gasteiger charge is -2.12. The molecule has 0 bridgehead atoms. The Labute approximate surface area is 215 Å². The SMILES string of the molecule is COc1cc(/C=C/C(=O)Nc2ccc(C(=O)NCCNC(=O)c3ccccc3)cc2)cc(OC)c1OC. The molecule has 3 amide bonds. The number of ether oxygens (including phenoxy) is 3. The van der Waals surface area contributed by atoms with Crippen molar-refractivity contribution in [3.05, 3.63) is 89.5 Å². The standard InChI is InChI=1S/C28H29N3O6/c1-35-23-17-19(18-24(36-2)26(23)37-3)9-14-25(32)31-22-12-10-21(11-13-22)28(34)30-16-15-29-27(33)20-7-5-4-6-8-20/h4-14,17-18H,15-16H2,1-3H3,(H,29,33)(H,30,34)(H,31,32)/b14-9+. The van der Waals surface area contributed by atoms with Crippen LogP contribution in [-0.2, 0) is 4.79 Å². The van der Waals surface area contributed by atoms with Crippen molar-refractivity contribution in [1.82, 2.24) is 10.6 Å². The van der Waals surface area contributed by atoms with E-state index in [2.05, 4.69) is 16.0 Å². The molecule has 0 heterocycles. The van der Waals surface area contributed by atoms with Gasteiger partial charge in [-0.1, -0.05) is 18.2 Å². The van der Waals surface area contributed by atoms with E-state index in [0.717, 1.165) is 0 Å². The normalized spacial score (nSPS) is 10.5. The molecule has 0 fully saturated rings. The van der Waals surface area contributed by atoms with Crippen LogP contribution >= 0.6 is 0 Å². The van der Waals surface area contributed by atoms with E-state index in [9.17, 15) is 14.4 Å². The molecule has 0 spiro atoms. The van der Waals surface area contributed by atoms with Crippen LogP contribution in [0.2, 0.25) is 0 Å². The van der Waals surface area contributed by atoms with E-state index in [0.29, 0.717) is 46.2 Å². The first-order valence-corrected chi connectivity index (χ1v) is 11.5. The van der Waals surface area contributed by atoms with Crippen molar-refractivity contribution >= 4 is 29.5 Å². The molecular weight excluding hydrogens is 474 g/mol. The molecule has 9 nitrogen and oxygen atoms in total. The number of hydrogen-bond acceptors (Lipinski definition) is 6. The predicted octanol–water partition coefficient (Wildman–Crippen LogP) is 3.52. The third-order valence-corrected chi connectivity index (χ3v) is 5.26. The van der Waals surface area contributed by atoms with Gasteiger partial charge in [-0.15, -0.1) is 0 Å². The number of nitrogens with one attached hydrogen (secondary N) is 3. The molecular formula is C28H29N3O6. The summed E-state index contributed by atoms with van der Waals surface area (Å²) in [6.07, 6.45) is 3.00. The molecule has 37 heavy (non-hydrogen) atoms. The second-order valence-electron chi connectivity index (χ2n) is 7.74. The summed E-state index contributed by atoms with van der Waals surface area (Å²) >= 11 is 0. The number of carbonyl (C=O) groups is 3. The fraction of sp³-hybridized carbons (Fsp3) is 0.179. The van der Waals surface area contributed by atoms with Gasteiger partial charge in [-0.25, -0.2) is 0 Å². The minimum Gasteiger partial charge on any atom is -0.493 e. The molecule has 0 aromatic heterocycles. The molecule has 0 aliphatic rings. The van der Waals surface area contributed by atoms with Crippen LogP contribution in [0.1, 0.15) is 26.3 Å². The quantitative estimate of drug-likeness (QED) is 0.272. The molecule has 0 aliphatic heterocycles. The van der Waals surface area contributed by atoms with Crippen LogP contribution in [0.4, 0.5) is 5.69 Å². The largest absolute Gasteiger partial charge is 0.493 e. The van der Waals surface area contributed by atoms with Gasteiger partial charge in [0, 0.05) is 36.0 Å². The number of rotatable bonds is 11. The molecule has 0 aliphatic carbocycles. The van der Waals surface area contributed by atoms with Crippen LogP contribution in [0, 0.1) is 0 Å². The van der Waals surface area contributed by atoms with Gasteiger partial charge in [-0.3, -0.25) is 14.4 Å². The molecule has 192 valence electrons. The van der Waals surface area contributed by atoms with Gasteiger partial charge in [-0.05, 0) is 60.2 Å². The van der Waals surface area contributed by atoms with Crippen LogP contribution in [0.3, 0.4) is 0 Å². The third kappa shape index (κ3) is 7.60. The van der Waals surface area contributed by atoms with Gasteiger partial charge >= 0.3 is 0 Å². The van der Waals surface area contributed by atoms with Crippen LogP contribution in [0.15, 0.2) is 72.8 Å². The summed E-state index contributed by atoms with van der Waals surface area (Å²) in [5, 5.41) is 8.25. The average molecular weight is 504 g/mol. The van der Waals surface area contributed by atoms with E-state index in [4.69, 9.17) is 14.2 Å². The monoisotopic (exact) mass is 503 g/mol. The van der Waals surface area contributed by atoms with Crippen molar-refractivity contribution in [2.45, 2.75) is 0 Å². The number of amides is 3. The number of carbonyl (C=O) groups excluding carboxylic acids is 3. The predicted molar refractivity (Wildman–Crippen MR) is 141 cm³/mol. The Bertz CT molecular complexity index is 1230. The molecule has 0 saturated heterocycles. The maximum Gasteiger partial charge on any atom is 0.251 e. The zero-order chi connectivity index (χ0) is 26.6. The number of methoxy groups -OCH3 is 3. The highest BCUT2D eigenvalue weighted by Gasteiger charge is 2.12. The highest BCUT2D eigenvalue weighted by molar-refractivity contribution is 6.02. The van der Waals surface area contributed by atoms with Gasteiger partial charge in [0.1, 0.15) is 0 Å². The summed E-state index contributed by atoms with van der Waals surface area (Å²) in [7, 11) is 4.56. The smallest absolute Gasteiger partial charge is 0.251 e. The first kappa shape index (κ1) is 26.8. The van der Waals surface area contributed by atoms with Gasteiger partial charge in [0.15, 0.2) is 11.5 Å². The molecule has 3 N–H and O–H groups in total. The number of hydrogen-bond donors (Lipinski definition) is 3. The van der Waals surface area contributed by atoms with Crippen molar-refractivity contribution in [3.63, 3.8) is 0 Å². The van der Waals surface area contributed by atoms with Crippen molar-refractivity contribution in [1.29, 1.82) is 0 Å². The first-order chi connectivity index (χ1) is 17.9. The van der Waals surface area contributed by atoms with E-state index < -0.39 is 0 Å². The highest BCUT2D eigenvalue weighted by atomic mass is 16.5. The van der Waals surface area contributed by atoms with Gasteiger partial charge in [0.25, 0.3) is 11.8 Å². The van der Waals surface area contributed by atoms with Gasteiger partial charge in [0.05, 0.1) is 21.3 Å². The van der Waals surface area contributed by atoms with E-state index in [1.54, 1.807) is 66.7 Å². The Hall–Kier alpha value is -4.79. The first-order valence-electron chi connectivity index (χ1n) is 11.5. The summed E-state index contributed by atoms with van der Waals surface area (Å²) < 4.78 is 15.9. The zero-order valence-corrected chi connectivity index (χ0v) is 20.9. The molecule has 3 rings (SSSR count). The fourth-order valence-electron chi connectivity index (χ4n) is 3.40. The van der Waals surface area contributed by atoms with E-state index >= 15 is 0 Å². The molecule has 0 saturated carbocycles. The zero-order valence-electron chi connectivity index (χ0n) is 20.9. The van der Waals surface area contributed by atoms with E-state index in [-0.39, 0.29) is 24.3 Å². The fourth-order valence-corrected chi connectivity index (χ4v) is 3.40. The second-order valence-corrected chi connectivity index (χ2v) is 7.74. The lowest BCUT2D eigenvalue weighted by molar-refractivity contribution is -0.111. The minimum absolute atomic E-state index is 0.200.